The van der Waals surface area contributed by atoms with E-state index in [1.54, 1.807) is 30.3 Å². The van der Waals surface area contributed by atoms with Crippen LogP contribution in [0.3, 0.4) is 0 Å². The lowest BCUT2D eigenvalue weighted by atomic mass is 10.1. The van der Waals surface area contributed by atoms with Gasteiger partial charge < -0.3 is 5.11 Å². The Morgan fingerprint density at radius 1 is 1.14 bits per heavy atom. The highest BCUT2D eigenvalue weighted by Gasteiger charge is 2.21. The van der Waals surface area contributed by atoms with Gasteiger partial charge in [-0.25, -0.2) is 8.42 Å². The standard InChI is InChI=1S/C16H17ClO3S/c1-12-5-4-6-13(9-12)10-21(19,20)11-16(18)14-7-2-3-8-15(14)17/h2-9,16,18H,10-11H2,1H3. The Balaban J connectivity index is 2.12. The monoisotopic (exact) mass is 324 g/mol. The molecule has 0 radical (unpaired) electrons. The number of hydrogen-bond donors (Lipinski definition) is 1. The molecule has 0 aliphatic heterocycles. The van der Waals surface area contributed by atoms with E-state index in [9.17, 15) is 13.5 Å². The molecule has 0 heterocycles. The lowest BCUT2D eigenvalue weighted by Gasteiger charge is -2.13. The summed E-state index contributed by atoms with van der Waals surface area (Å²) >= 11 is 5.97. The Labute approximate surface area is 130 Å². The molecule has 2 aromatic rings. The van der Waals surface area contributed by atoms with E-state index in [0.29, 0.717) is 10.6 Å². The SMILES string of the molecule is Cc1cccc(CS(=O)(=O)CC(O)c2ccccc2Cl)c1. The van der Waals surface area contributed by atoms with Crippen molar-refractivity contribution in [3.8, 4) is 0 Å². The third-order valence-corrected chi connectivity index (χ3v) is 5.09. The molecular weight excluding hydrogens is 308 g/mol. The highest BCUT2D eigenvalue weighted by molar-refractivity contribution is 7.90. The maximum absolute atomic E-state index is 12.2. The van der Waals surface area contributed by atoms with E-state index in [4.69, 9.17) is 11.6 Å². The van der Waals surface area contributed by atoms with Crippen molar-refractivity contribution < 1.29 is 13.5 Å². The highest BCUT2D eigenvalue weighted by atomic mass is 35.5. The highest BCUT2D eigenvalue weighted by Crippen LogP contribution is 2.24. The lowest BCUT2D eigenvalue weighted by molar-refractivity contribution is 0.201. The van der Waals surface area contributed by atoms with Crippen LogP contribution >= 0.6 is 11.6 Å². The summed E-state index contributed by atoms with van der Waals surface area (Å²) in [6.45, 7) is 1.91. The van der Waals surface area contributed by atoms with Gasteiger partial charge in [0.05, 0.1) is 17.6 Å². The van der Waals surface area contributed by atoms with E-state index < -0.39 is 15.9 Å². The number of sulfone groups is 1. The molecule has 0 aromatic heterocycles. The molecule has 5 heteroatoms. The first-order chi connectivity index (χ1) is 9.87. The summed E-state index contributed by atoms with van der Waals surface area (Å²) in [5.74, 6) is -0.430. The summed E-state index contributed by atoms with van der Waals surface area (Å²) in [5.41, 5.74) is 2.17. The molecule has 112 valence electrons. The molecule has 2 rings (SSSR count). The summed E-state index contributed by atoms with van der Waals surface area (Å²) in [7, 11) is -3.42. The molecule has 0 aliphatic carbocycles. The van der Waals surface area contributed by atoms with E-state index in [1.165, 1.54) is 0 Å². The van der Waals surface area contributed by atoms with Gasteiger partial charge in [-0.3, -0.25) is 0 Å². The van der Waals surface area contributed by atoms with E-state index in [0.717, 1.165) is 11.1 Å². The molecule has 1 atom stereocenters. The number of hydrogen-bond acceptors (Lipinski definition) is 3. The number of aliphatic hydroxyl groups is 1. The normalized spacial score (nSPS) is 13.1. The Morgan fingerprint density at radius 3 is 2.52 bits per heavy atom. The third kappa shape index (κ3) is 4.56. The Morgan fingerprint density at radius 2 is 1.86 bits per heavy atom. The predicted octanol–water partition coefficient (Wildman–Crippen LogP) is 3.30. The molecule has 0 fully saturated rings. The maximum atomic E-state index is 12.2. The molecule has 0 aliphatic rings. The number of aliphatic hydroxyl groups excluding tert-OH is 1. The Hall–Kier alpha value is -1.36. The van der Waals surface area contributed by atoms with Crippen molar-refractivity contribution in [1.82, 2.24) is 0 Å². The number of benzene rings is 2. The van der Waals surface area contributed by atoms with E-state index in [1.807, 2.05) is 25.1 Å². The molecule has 3 nitrogen and oxygen atoms in total. The zero-order valence-corrected chi connectivity index (χ0v) is 13.2. The van der Waals surface area contributed by atoms with Crippen LogP contribution in [-0.4, -0.2) is 19.3 Å². The molecule has 0 saturated carbocycles. The Kier molecular flexibility index (Phi) is 5.04. The van der Waals surface area contributed by atoms with Crippen molar-refractivity contribution in [2.24, 2.45) is 0 Å². The summed E-state index contributed by atoms with van der Waals surface area (Å²) in [6.07, 6.45) is -1.12. The van der Waals surface area contributed by atoms with Crippen molar-refractivity contribution in [2.75, 3.05) is 5.75 Å². The van der Waals surface area contributed by atoms with Gasteiger partial charge in [0.2, 0.25) is 0 Å². The molecule has 0 bridgehead atoms. The van der Waals surface area contributed by atoms with Crippen molar-refractivity contribution >= 4 is 21.4 Å². The molecule has 0 spiro atoms. The van der Waals surface area contributed by atoms with Crippen LogP contribution in [0.5, 0.6) is 0 Å². The minimum Gasteiger partial charge on any atom is -0.387 e. The van der Waals surface area contributed by atoms with Crippen LogP contribution in [0.2, 0.25) is 5.02 Å². The van der Waals surface area contributed by atoms with Gasteiger partial charge in [0, 0.05) is 10.6 Å². The van der Waals surface area contributed by atoms with Crippen LogP contribution in [-0.2, 0) is 15.6 Å². The fourth-order valence-corrected chi connectivity index (χ4v) is 3.92. The van der Waals surface area contributed by atoms with Crippen molar-refractivity contribution in [2.45, 2.75) is 18.8 Å². The fourth-order valence-electron chi connectivity index (χ4n) is 2.19. The zero-order valence-electron chi connectivity index (χ0n) is 11.7. The summed E-state index contributed by atoms with van der Waals surface area (Å²) in [5, 5.41) is 10.5. The van der Waals surface area contributed by atoms with Crippen molar-refractivity contribution in [3.63, 3.8) is 0 Å². The first-order valence-electron chi connectivity index (χ1n) is 6.56. The van der Waals surface area contributed by atoms with Gasteiger partial charge in [0.25, 0.3) is 0 Å². The summed E-state index contributed by atoms with van der Waals surface area (Å²) < 4.78 is 24.4. The quantitative estimate of drug-likeness (QED) is 0.918. The van der Waals surface area contributed by atoms with E-state index in [-0.39, 0.29) is 11.5 Å². The smallest absolute Gasteiger partial charge is 0.157 e. The average Bonchev–Trinajstić information content (AvgIpc) is 2.37. The molecule has 0 amide bonds. The molecule has 1 N–H and O–H groups in total. The number of halogens is 1. The number of aryl methyl sites for hydroxylation is 1. The van der Waals surface area contributed by atoms with Crippen LogP contribution in [0, 0.1) is 6.92 Å². The van der Waals surface area contributed by atoms with Crippen LogP contribution in [0.1, 0.15) is 22.8 Å². The second-order valence-corrected chi connectivity index (χ2v) is 7.60. The van der Waals surface area contributed by atoms with Gasteiger partial charge in [-0.2, -0.15) is 0 Å². The molecular formula is C16H17ClO3S. The first kappa shape index (κ1) is 16.0. The van der Waals surface area contributed by atoms with Crippen molar-refractivity contribution in [1.29, 1.82) is 0 Å². The second-order valence-electron chi connectivity index (χ2n) is 5.08. The fraction of sp³-hybridized carbons (Fsp3) is 0.250. The summed E-state index contributed by atoms with van der Waals surface area (Å²) in [4.78, 5) is 0. The van der Waals surface area contributed by atoms with Gasteiger partial charge in [-0.1, -0.05) is 59.6 Å². The summed E-state index contributed by atoms with van der Waals surface area (Å²) in [6, 6.07) is 14.1. The first-order valence-corrected chi connectivity index (χ1v) is 8.76. The van der Waals surface area contributed by atoms with Crippen molar-refractivity contribution in [3.05, 3.63) is 70.2 Å². The minimum atomic E-state index is -3.42. The average molecular weight is 325 g/mol. The van der Waals surface area contributed by atoms with Gasteiger partial charge in [0.1, 0.15) is 0 Å². The topological polar surface area (TPSA) is 54.4 Å². The predicted molar refractivity (Wildman–Crippen MR) is 85.1 cm³/mol. The largest absolute Gasteiger partial charge is 0.387 e. The van der Waals surface area contributed by atoms with E-state index in [2.05, 4.69) is 0 Å². The third-order valence-electron chi connectivity index (χ3n) is 3.15. The molecule has 1 unspecified atom stereocenters. The van der Waals surface area contributed by atoms with Crippen LogP contribution in [0.25, 0.3) is 0 Å². The molecule has 0 saturated heterocycles. The van der Waals surface area contributed by atoms with Gasteiger partial charge in [0.15, 0.2) is 9.84 Å². The maximum Gasteiger partial charge on any atom is 0.157 e. The van der Waals surface area contributed by atoms with Crippen LogP contribution in [0.15, 0.2) is 48.5 Å². The van der Waals surface area contributed by atoms with Crippen LogP contribution in [0.4, 0.5) is 0 Å². The molecule has 21 heavy (non-hydrogen) atoms. The van der Waals surface area contributed by atoms with Gasteiger partial charge in [-0.15, -0.1) is 0 Å². The molecule has 2 aromatic carbocycles. The minimum absolute atomic E-state index is 0.0871. The van der Waals surface area contributed by atoms with Crippen LogP contribution < -0.4 is 0 Å². The van der Waals surface area contributed by atoms with Gasteiger partial charge >= 0.3 is 0 Å². The van der Waals surface area contributed by atoms with Gasteiger partial charge in [-0.05, 0) is 18.6 Å². The second kappa shape index (κ2) is 6.60. The van der Waals surface area contributed by atoms with E-state index >= 15 is 0 Å². The Bertz CT molecular complexity index is 726. The number of rotatable bonds is 5. The lowest BCUT2D eigenvalue weighted by Crippen LogP contribution is -2.16. The zero-order chi connectivity index (χ0) is 15.5.